The lowest BCUT2D eigenvalue weighted by atomic mass is 9.51. The molecule has 0 radical (unpaired) electrons. The first-order valence-electron chi connectivity index (χ1n) is 11.5. The van der Waals surface area contributed by atoms with Crippen LogP contribution in [-0.4, -0.2) is 42.0 Å². The lowest BCUT2D eigenvalue weighted by Crippen LogP contribution is -2.58. The monoisotopic (exact) mass is 429 g/mol. The number of ether oxygens (including phenoxy) is 2. The predicted octanol–water partition coefficient (Wildman–Crippen LogP) is 4.64. The second-order valence-corrected chi connectivity index (χ2v) is 11.3. The van der Waals surface area contributed by atoms with Crippen LogP contribution in [0, 0.1) is 28.6 Å². The van der Waals surface area contributed by atoms with E-state index in [0.29, 0.717) is 29.5 Å². The van der Waals surface area contributed by atoms with E-state index in [1.807, 2.05) is 20.8 Å². The third-order valence-corrected chi connectivity index (χ3v) is 8.22. The van der Waals surface area contributed by atoms with Gasteiger partial charge in [0.2, 0.25) is 0 Å². The van der Waals surface area contributed by atoms with Gasteiger partial charge in [0.15, 0.2) is 5.78 Å². The number of esters is 1. The van der Waals surface area contributed by atoms with Crippen LogP contribution in [0.15, 0.2) is 23.4 Å². The fourth-order valence-corrected chi connectivity index (χ4v) is 6.82. The first-order valence-corrected chi connectivity index (χ1v) is 11.5. The molecular formula is C25H35NO5. The Morgan fingerprint density at radius 3 is 2.48 bits per heavy atom. The first-order chi connectivity index (χ1) is 14.4. The van der Waals surface area contributed by atoms with E-state index in [4.69, 9.17) is 9.47 Å². The number of hydrogen-bond acceptors (Lipinski definition) is 5. The van der Waals surface area contributed by atoms with Gasteiger partial charge in [-0.25, -0.2) is 9.59 Å². The summed E-state index contributed by atoms with van der Waals surface area (Å²) >= 11 is 0. The van der Waals surface area contributed by atoms with Crippen molar-refractivity contribution in [3.63, 3.8) is 0 Å². The van der Waals surface area contributed by atoms with Crippen molar-refractivity contribution in [2.75, 3.05) is 13.7 Å². The van der Waals surface area contributed by atoms with Crippen LogP contribution < -0.4 is 0 Å². The number of fused-ring (bicyclic) bond motifs is 5. The van der Waals surface area contributed by atoms with Gasteiger partial charge in [-0.05, 0) is 69.6 Å². The molecule has 1 amide bonds. The van der Waals surface area contributed by atoms with Gasteiger partial charge in [0.25, 0.3) is 0 Å². The van der Waals surface area contributed by atoms with Gasteiger partial charge >= 0.3 is 12.1 Å². The zero-order valence-electron chi connectivity index (χ0n) is 19.6. The molecule has 0 aromatic carbocycles. The number of hydrogen-bond donors (Lipinski definition) is 0. The van der Waals surface area contributed by atoms with Gasteiger partial charge in [0.1, 0.15) is 11.2 Å². The largest absolute Gasteiger partial charge is 0.465 e. The maximum absolute atomic E-state index is 13.3. The minimum absolute atomic E-state index is 0.0679. The molecule has 6 nitrogen and oxygen atoms in total. The summed E-state index contributed by atoms with van der Waals surface area (Å²) in [5.41, 5.74) is -0.204. The summed E-state index contributed by atoms with van der Waals surface area (Å²) in [4.78, 5) is 40.1. The van der Waals surface area contributed by atoms with Crippen LogP contribution >= 0.6 is 0 Å². The third kappa shape index (κ3) is 3.52. The van der Waals surface area contributed by atoms with E-state index >= 15 is 0 Å². The Morgan fingerprint density at radius 2 is 1.84 bits per heavy atom. The van der Waals surface area contributed by atoms with Crippen molar-refractivity contribution in [1.82, 2.24) is 4.90 Å². The van der Waals surface area contributed by atoms with Crippen molar-refractivity contribution < 1.29 is 23.9 Å². The van der Waals surface area contributed by atoms with E-state index in [2.05, 4.69) is 13.8 Å². The topological polar surface area (TPSA) is 72.9 Å². The molecule has 3 fully saturated rings. The van der Waals surface area contributed by atoms with Crippen LogP contribution in [0.2, 0.25) is 0 Å². The second-order valence-electron chi connectivity index (χ2n) is 11.3. The summed E-state index contributed by atoms with van der Waals surface area (Å²) in [6.45, 7) is 10.6. The molecule has 6 heteroatoms. The Hall–Kier alpha value is -2.11. The van der Waals surface area contributed by atoms with Crippen molar-refractivity contribution in [2.24, 2.45) is 28.6 Å². The average molecular weight is 430 g/mol. The van der Waals surface area contributed by atoms with Crippen LogP contribution in [0.4, 0.5) is 4.79 Å². The van der Waals surface area contributed by atoms with E-state index in [1.165, 1.54) is 32.4 Å². The molecule has 0 spiro atoms. The number of likely N-dealkylation sites (tertiary alicyclic amines) is 1. The number of ketones is 1. The van der Waals surface area contributed by atoms with Crippen LogP contribution in [-0.2, 0) is 19.1 Å². The fourth-order valence-electron chi connectivity index (χ4n) is 6.82. The number of carbonyl (C=O) groups excluding carboxylic acids is 3. The van der Waals surface area contributed by atoms with E-state index in [9.17, 15) is 14.4 Å². The van der Waals surface area contributed by atoms with Crippen molar-refractivity contribution in [1.29, 1.82) is 0 Å². The summed E-state index contributed by atoms with van der Waals surface area (Å²) in [7, 11) is 1.29. The molecule has 4 rings (SSSR count). The van der Waals surface area contributed by atoms with Gasteiger partial charge in [0, 0.05) is 23.7 Å². The minimum Gasteiger partial charge on any atom is -0.465 e. The molecular weight excluding hydrogens is 394 g/mol. The van der Waals surface area contributed by atoms with Crippen molar-refractivity contribution >= 4 is 17.8 Å². The van der Waals surface area contributed by atoms with Crippen LogP contribution in [0.3, 0.4) is 0 Å². The summed E-state index contributed by atoms with van der Waals surface area (Å²) in [6, 6.07) is 0. The average Bonchev–Trinajstić information content (AvgIpc) is 3.07. The molecule has 31 heavy (non-hydrogen) atoms. The maximum Gasteiger partial charge on any atom is 0.414 e. The summed E-state index contributed by atoms with van der Waals surface area (Å²) in [5.74, 6) is 0.0737. The second kappa shape index (κ2) is 7.21. The lowest BCUT2D eigenvalue weighted by Gasteiger charge is -2.58. The van der Waals surface area contributed by atoms with E-state index < -0.39 is 28.9 Å². The minimum atomic E-state index is -0.634. The molecule has 4 aliphatic rings. The Bertz CT molecular complexity index is 881. The number of allylic oxidation sites excluding steroid dienone is 2. The Kier molecular flexibility index (Phi) is 5.14. The zero-order valence-corrected chi connectivity index (χ0v) is 19.6. The number of carbonyl (C=O) groups is 3. The van der Waals surface area contributed by atoms with Crippen LogP contribution in [0.5, 0.6) is 0 Å². The lowest BCUT2D eigenvalue weighted by molar-refractivity contribution is -0.137. The number of methoxy groups -OCH3 is 1. The number of nitrogens with zero attached hydrogens (tertiary/aromatic N) is 1. The van der Waals surface area contributed by atoms with Gasteiger partial charge in [-0.2, -0.15) is 0 Å². The standard InChI is InChI=1S/C25H35NO5/c1-23(2,3)31-22(29)26-14-16-17-8-7-10-24(17,4)11-9-18(16)25(5)13-15(21(28)30-6)19(27)12-20(25)26/h12-13,16-18H,7-11,14H2,1-6H3/t16-,17-,18-,24-,25+/m0/s1. The molecule has 0 aromatic heterocycles. The Morgan fingerprint density at radius 1 is 1.13 bits per heavy atom. The van der Waals surface area contributed by atoms with Crippen LogP contribution in [0.1, 0.15) is 66.7 Å². The summed E-state index contributed by atoms with van der Waals surface area (Å²) < 4.78 is 10.6. The normalized spacial score (nSPS) is 37.2. The third-order valence-electron chi connectivity index (χ3n) is 8.22. The quantitative estimate of drug-likeness (QED) is 0.448. The predicted molar refractivity (Wildman–Crippen MR) is 116 cm³/mol. The molecule has 2 saturated carbocycles. The summed E-state index contributed by atoms with van der Waals surface area (Å²) in [5, 5.41) is 0. The van der Waals surface area contributed by atoms with Crippen molar-refractivity contribution in [2.45, 2.75) is 72.3 Å². The first kappa shape index (κ1) is 22.1. The number of rotatable bonds is 1. The van der Waals surface area contributed by atoms with Gasteiger partial charge < -0.3 is 9.47 Å². The number of piperidine rings is 1. The smallest absolute Gasteiger partial charge is 0.414 e. The molecule has 1 saturated heterocycles. The highest BCUT2D eigenvalue weighted by molar-refractivity contribution is 6.22. The zero-order chi connectivity index (χ0) is 22.8. The highest BCUT2D eigenvalue weighted by Crippen LogP contribution is 2.63. The molecule has 0 N–H and O–H groups in total. The molecule has 170 valence electrons. The Labute approximate surface area is 185 Å². The van der Waals surface area contributed by atoms with E-state index in [0.717, 1.165) is 12.8 Å². The molecule has 0 unspecified atom stereocenters. The van der Waals surface area contributed by atoms with Crippen molar-refractivity contribution in [3.05, 3.63) is 23.4 Å². The van der Waals surface area contributed by atoms with Crippen molar-refractivity contribution in [3.8, 4) is 0 Å². The molecule has 5 atom stereocenters. The Balaban J connectivity index is 1.80. The van der Waals surface area contributed by atoms with Gasteiger partial charge in [-0.1, -0.05) is 26.3 Å². The fraction of sp³-hybridized carbons (Fsp3) is 0.720. The SMILES string of the molecule is COC(=O)C1=C[C@@]2(C)C(=CC1=O)N(C(=O)OC(C)(C)C)C[C@H]1[C@@H]3CCC[C@@]3(C)CC[C@@H]12. The van der Waals surface area contributed by atoms with Gasteiger partial charge in [0.05, 0.1) is 7.11 Å². The molecule has 1 aliphatic heterocycles. The highest BCUT2D eigenvalue weighted by atomic mass is 16.6. The number of amides is 1. The molecule has 1 heterocycles. The molecule has 3 aliphatic carbocycles. The van der Waals surface area contributed by atoms with E-state index in [-0.39, 0.29) is 11.5 Å². The summed E-state index contributed by atoms with van der Waals surface area (Å²) in [6.07, 6.45) is 8.61. The highest BCUT2D eigenvalue weighted by Gasteiger charge is 2.59. The van der Waals surface area contributed by atoms with E-state index in [1.54, 1.807) is 11.0 Å². The van der Waals surface area contributed by atoms with Gasteiger partial charge in [-0.15, -0.1) is 0 Å². The maximum atomic E-state index is 13.3. The van der Waals surface area contributed by atoms with Crippen LogP contribution in [0.25, 0.3) is 0 Å². The van der Waals surface area contributed by atoms with Gasteiger partial charge in [-0.3, -0.25) is 9.69 Å². The molecule has 0 bridgehead atoms. The molecule has 0 aromatic rings.